The molecule has 0 saturated carbocycles. The van der Waals surface area contributed by atoms with Crippen molar-refractivity contribution in [1.82, 2.24) is 0 Å². The number of hydrogen-bond acceptors (Lipinski definition) is 0. The third kappa shape index (κ3) is 2.44. The Balaban J connectivity index is 2.85. The fourth-order valence-corrected chi connectivity index (χ4v) is 4.24. The SMILES string of the molecule is [Br][Ge]([Br])[c]1ccccc1. The zero-order valence-electron chi connectivity index (χ0n) is 4.64. The number of benzene rings is 1. The summed E-state index contributed by atoms with van der Waals surface area (Å²) in [5, 5.41) is 0. The number of halogens is 2. The van der Waals surface area contributed by atoms with Gasteiger partial charge in [-0.15, -0.1) is 0 Å². The van der Waals surface area contributed by atoms with E-state index in [1.165, 1.54) is 4.40 Å². The van der Waals surface area contributed by atoms with Gasteiger partial charge < -0.3 is 0 Å². The molecule has 0 aliphatic heterocycles. The average molecular weight is 310 g/mol. The standard InChI is InChI=1S/C6H5Br2Ge/c7-9(8)6-4-2-1-3-5-6/h1-5H. The van der Waals surface area contributed by atoms with Crippen LogP contribution in [0, 0.1) is 0 Å². The molecular formula is C6H5Br2Ge. The third-order valence-electron chi connectivity index (χ3n) is 0.992. The summed E-state index contributed by atoms with van der Waals surface area (Å²) in [7, 11) is -1.14. The van der Waals surface area contributed by atoms with Gasteiger partial charge in [0.2, 0.25) is 0 Å². The molecule has 9 heavy (non-hydrogen) atoms. The fraction of sp³-hybridized carbons (Fsp3) is 0. The van der Waals surface area contributed by atoms with Crippen LogP contribution in [0.25, 0.3) is 0 Å². The molecule has 1 aromatic carbocycles. The molecule has 3 heteroatoms. The molecule has 0 fully saturated rings. The quantitative estimate of drug-likeness (QED) is 0.698. The van der Waals surface area contributed by atoms with Crippen molar-refractivity contribution in [2.45, 2.75) is 0 Å². The Bertz CT molecular complexity index is 174. The number of hydrogen-bond donors (Lipinski definition) is 0. The van der Waals surface area contributed by atoms with Crippen molar-refractivity contribution in [2.24, 2.45) is 0 Å². The molecule has 0 unspecified atom stereocenters. The van der Waals surface area contributed by atoms with E-state index in [-0.39, 0.29) is 0 Å². The van der Waals surface area contributed by atoms with Crippen molar-refractivity contribution in [2.75, 3.05) is 0 Å². The van der Waals surface area contributed by atoms with Gasteiger partial charge in [0.15, 0.2) is 0 Å². The summed E-state index contributed by atoms with van der Waals surface area (Å²) in [6.45, 7) is 0. The normalized spacial score (nSPS) is 10.1. The van der Waals surface area contributed by atoms with Crippen molar-refractivity contribution in [3.8, 4) is 0 Å². The van der Waals surface area contributed by atoms with Crippen LogP contribution >= 0.6 is 28.0 Å². The summed E-state index contributed by atoms with van der Waals surface area (Å²) in [6.07, 6.45) is 0. The van der Waals surface area contributed by atoms with E-state index in [4.69, 9.17) is 0 Å². The fourth-order valence-electron chi connectivity index (χ4n) is 0.564. The summed E-state index contributed by atoms with van der Waals surface area (Å²) < 4.78 is 1.41. The van der Waals surface area contributed by atoms with Crippen LogP contribution in [-0.4, -0.2) is 10.7 Å². The summed E-state index contributed by atoms with van der Waals surface area (Å²) >= 11 is 7.13. The van der Waals surface area contributed by atoms with Gasteiger partial charge in [0, 0.05) is 0 Å². The van der Waals surface area contributed by atoms with E-state index in [0.717, 1.165) is 0 Å². The predicted octanol–water partition coefficient (Wildman–Crippen LogP) is 2.17. The molecule has 0 atom stereocenters. The Labute approximate surface area is 73.0 Å². The Morgan fingerprint density at radius 1 is 1.00 bits per heavy atom. The van der Waals surface area contributed by atoms with Gasteiger partial charge in [-0.05, 0) is 0 Å². The molecule has 0 aliphatic carbocycles. The van der Waals surface area contributed by atoms with Crippen LogP contribution in [0.1, 0.15) is 0 Å². The van der Waals surface area contributed by atoms with Crippen molar-refractivity contribution >= 4 is 43.1 Å². The van der Waals surface area contributed by atoms with Gasteiger partial charge in [-0.25, -0.2) is 0 Å². The minimum absolute atomic E-state index is 1.14. The van der Waals surface area contributed by atoms with E-state index in [1.807, 2.05) is 6.07 Å². The molecule has 0 heterocycles. The molecule has 0 nitrogen and oxygen atoms in total. The van der Waals surface area contributed by atoms with Crippen LogP contribution < -0.4 is 4.40 Å². The monoisotopic (exact) mass is 309 g/mol. The Morgan fingerprint density at radius 2 is 1.56 bits per heavy atom. The molecule has 0 aromatic heterocycles. The predicted molar refractivity (Wildman–Crippen MR) is 49.7 cm³/mol. The first-order chi connectivity index (χ1) is 4.30. The van der Waals surface area contributed by atoms with Crippen molar-refractivity contribution in [1.29, 1.82) is 0 Å². The summed E-state index contributed by atoms with van der Waals surface area (Å²) in [4.78, 5) is 0. The first-order valence-corrected chi connectivity index (χ1v) is 13.4. The molecule has 47 valence electrons. The van der Waals surface area contributed by atoms with Crippen LogP contribution in [-0.2, 0) is 0 Å². The van der Waals surface area contributed by atoms with E-state index in [9.17, 15) is 0 Å². The third-order valence-corrected chi connectivity index (χ3v) is 7.37. The van der Waals surface area contributed by atoms with Crippen LogP contribution in [0.5, 0.6) is 0 Å². The van der Waals surface area contributed by atoms with Gasteiger partial charge in [-0.2, -0.15) is 0 Å². The average Bonchev–Trinajstić information content (AvgIpc) is 1.90. The Kier molecular flexibility index (Phi) is 3.29. The topological polar surface area (TPSA) is 0 Å². The molecule has 1 aromatic rings. The maximum absolute atomic E-state index is 3.57. The molecule has 0 amide bonds. The summed E-state index contributed by atoms with van der Waals surface area (Å²) in [5.74, 6) is 0. The molecule has 0 bridgehead atoms. The van der Waals surface area contributed by atoms with E-state index >= 15 is 0 Å². The zero-order valence-corrected chi connectivity index (χ0v) is 9.91. The minimum atomic E-state index is -1.14. The molecule has 0 N–H and O–H groups in total. The van der Waals surface area contributed by atoms with Crippen LogP contribution in [0.15, 0.2) is 30.3 Å². The zero-order chi connectivity index (χ0) is 6.69. The Hall–Kier alpha value is 0.723. The van der Waals surface area contributed by atoms with Crippen LogP contribution in [0.3, 0.4) is 0 Å². The second-order valence-electron chi connectivity index (χ2n) is 1.63. The van der Waals surface area contributed by atoms with E-state index < -0.39 is 10.7 Å². The first-order valence-electron chi connectivity index (χ1n) is 2.54. The maximum atomic E-state index is 3.57. The molecule has 0 saturated heterocycles. The van der Waals surface area contributed by atoms with Crippen LogP contribution in [0.2, 0.25) is 0 Å². The van der Waals surface area contributed by atoms with E-state index in [2.05, 4.69) is 52.3 Å². The van der Waals surface area contributed by atoms with Gasteiger partial charge in [-0.1, -0.05) is 0 Å². The first kappa shape index (κ1) is 7.83. The van der Waals surface area contributed by atoms with Gasteiger partial charge >= 0.3 is 73.4 Å². The summed E-state index contributed by atoms with van der Waals surface area (Å²) in [5.41, 5.74) is 0. The van der Waals surface area contributed by atoms with E-state index in [0.29, 0.717) is 0 Å². The second-order valence-corrected chi connectivity index (χ2v) is 17.7. The van der Waals surface area contributed by atoms with Gasteiger partial charge in [-0.3, -0.25) is 0 Å². The summed E-state index contributed by atoms with van der Waals surface area (Å²) in [6, 6.07) is 10.4. The van der Waals surface area contributed by atoms with Crippen molar-refractivity contribution in [3.63, 3.8) is 0 Å². The number of rotatable bonds is 1. The van der Waals surface area contributed by atoms with Crippen molar-refractivity contribution in [3.05, 3.63) is 30.3 Å². The molecule has 0 spiro atoms. The van der Waals surface area contributed by atoms with E-state index in [1.54, 1.807) is 0 Å². The molecule has 1 radical (unpaired) electrons. The molecule has 1 rings (SSSR count). The van der Waals surface area contributed by atoms with Gasteiger partial charge in [0.05, 0.1) is 0 Å². The van der Waals surface area contributed by atoms with Crippen molar-refractivity contribution < 1.29 is 0 Å². The van der Waals surface area contributed by atoms with Gasteiger partial charge in [0.25, 0.3) is 0 Å². The van der Waals surface area contributed by atoms with Crippen LogP contribution in [0.4, 0.5) is 0 Å². The van der Waals surface area contributed by atoms with Gasteiger partial charge in [0.1, 0.15) is 0 Å². The Morgan fingerprint density at radius 3 is 1.89 bits per heavy atom. The second kappa shape index (κ2) is 3.79. The molecular weight excluding hydrogens is 304 g/mol. The molecule has 0 aliphatic rings.